The minimum absolute atomic E-state index is 0.00366. The molecule has 1 aromatic carbocycles. The normalized spacial score (nSPS) is 15.3. The van der Waals surface area contributed by atoms with Crippen LogP contribution >= 0.6 is 0 Å². The quantitative estimate of drug-likeness (QED) is 0.306. The van der Waals surface area contributed by atoms with Gasteiger partial charge in [-0.3, -0.25) is 14.5 Å². The molecule has 7 heteroatoms. The van der Waals surface area contributed by atoms with Crippen LogP contribution in [0.2, 0.25) is 0 Å². The van der Waals surface area contributed by atoms with Gasteiger partial charge in [-0.15, -0.1) is 6.58 Å². The predicted octanol–water partition coefficient (Wildman–Crippen LogP) is 3.90. The number of ether oxygens (including phenoxy) is 1. The maximum absolute atomic E-state index is 12.8. The van der Waals surface area contributed by atoms with Gasteiger partial charge in [0.25, 0.3) is 11.8 Å². The molecule has 2 amide bonds. The average molecular weight is 416 g/mol. The zero-order valence-corrected chi connectivity index (χ0v) is 17.2. The lowest BCUT2D eigenvalue weighted by Gasteiger charge is -2.26. The van der Waals surface area contributed by atoms with Crippen molar-refractivity contribution in [1.29, 1.82) is 5.26 Å². The second-order valence-corrected chi connectivity index (χ2v) is 6.68. The SMILES string of the molecule is C=CCN1C(=O)C(C#N)=C(C)/C(=C\c2ccc(-c3ccc(C(=O)OCC)cc3)o2)C1=O. The van der Waals surface area contributed by atoms with Crippen molar-refractivity contribution in [3.8, 4) is 17.4 Å². The van der Waals surface area contributed by atoms with Gasteiger partial charge in [0.1, 0.15) is 23.2 Å². The molecule has 0 bridgehead atoms. The van der Waals surface area contributed by atoms with E-state index in [1.807, 2.05) is 6.07 Å². The van der Waals surface area contributed by atoms with Crippen molar-refractivity contribution in [2.24, 2.45) is 0 Å². The van der Waals surface area contributed by atoms with Crippen molar-refractivity contribution in [2.45, 2.75) is 13.8 Å². The lowest BCUT2D eigenvalue weighted by atomic mass is 9.94. The number of nitriles is 1. The van der Waals surface area contributed by atoms with Gasteiger partial charge in [0.15, 0.2) is 0 Å². The van der Waals surface area contributed by atoms with Crippen LogP contribution in [0.5, 0.6) is 0 Å². The number of carbonyl (C=O) groups is 3. The first kappa shape index (κ1) is 21.5. The Morgan fingerprint density at radius 3 is 2.52 bits per heavy atom. The molecule has 0 unspecified atom stereocenters. The Kier molecular flexibility index (Phi) is 6.32. The molecule has 1 aromatic heterocycles. The zero-order valence-electron chi connectivity index (χ0n) is 17.2. The zero-order chi connectivity index (χ0) is 22.5. The lowest BCUT2D eigenvalue weighted by Crippen LogP contribution is -2.42. The van der Waals surface area contributed by atoms with Crippen molar-refractivity contribution in [2.75, 3.05) is 13.2 Å². The van der Waals surface area contributed by atoms with Crippen LogP contribution in [0.3, 0.4) is 0 Å². The molecule has 7 nitrogen and oxygen atoms in total. The Morgan fingerprint density at radius 1 is 1.19 bits per heavy atom. The summed E-state index contributed by atoms with van der Waals surface area (Å²) in [6, 6.07) is 12.0. The summed E-state index contributed by atoms with van der Waals surface area (Å²) < 4.78 is 10.8. The van der Waals surface area contributed by atoms with Gasteiger partial charge >= 0.3 is 5.97 Å². The Balaban J connectivity index is 1.93. The first-order valence-corrected chi connectivity index (χ1v) is 9.58. The number of nitrogens with zero attached hydrogens (tertiary/aromatic N) is 2. The van der Waals surface area contributed by atoms with E-state index in [1.165, 1.54) is 12.2 Å². The topological polar surface area (TPSA) is 101 Å². The minimum Gasteiger partial charge on any atom is -0.462 e. The van der Waals surface area contributed by atoms with Crippen LogP contribution < -0.4 is 0 Å². The molecule has 3 rings (SSSR count). The van der Waals surface area contributed by atoms with Crippen LogP contribution in [0, 0.1) is 11.3 Å². The standard InChI is InChI=1S/C24H20N2O5/c1-4-12-26-22(27)19(15(3)20(14-25)23(26)28)13-18-10-11-21(31-18)16-6-8-17(9-7-16)24(29)30-5-2/h4,6-11,13H,1,5,12H2,2-3H3/b19-13+. The van der Waals surface area contributed by atoms with Crippen LogP contribution in [0.4, 0.5) is 0 Å². The fraction of sp³-hybridized carbons (Fsp3) is 0.167. The van der Waals surface area contributed by atoms with Gasteiger partial charge in [-0.2, -0.15) is 5.26 Å². The van der Waals surface area contributed by atoms with Crippen LogP contribution in [0.25, 0.3) is 17.4 Å². The number of imide groups is 1. The van der Waals surface area contributed by atoms with E-state index in [2.05, 4.69) is 6.58 Å². The number of furan rings is 1. The molecule has 0 saturated carbocycles. The van der Waals surface area contributed by atoms with Gasteiger partial charge in [-0.05, 0) is 49.8 Å². The van der Waals surface area contributed by atoms with Gasteiger partial charge < -0.3 is 9.15 Å². The molecule has 156 valence electrons. The maximum Gasteiger partial charge on any atom is 0.338 e. The van der Waals surface area contributed by atoms with Crippen LogP contribution in [0.15, 0.2) is 70.2 Å². The van der Waals surface area contributed by atoms with E-state index in [9.17, 15) is 19.6 Å². The van der Waals surface area contributed by atoms with Crippen molar-refractivity contribution in [3.05, 3.63) is 77.1 Å². The summed E-state index contributed by atoms with van der Waals surface area (Å²) in [7, 11) is 0. The molecule has 31 heavy (non-hydrogen) atoms. The first-order valence-electron chi connectivity index (χ1n) is 9.58. The molecular weight excluding hydrogens is 396 g/mol. The highest BCUT2D eigenvalue weighted by atomic mass is 16.5. The van der Waals surface area contributed by atoms with Gasteiger partial charge in [-0.25, -0.2) is 4.79 Å². The largest absolute Gasteiger partial charge is 0.462 e. The fourth-order valence-corrected chi connectivity index (χ4v) is 3.14. The smallest absolute Gasteiger partial charge is 0.338 e. The third-order valence-electron chi connectivity index (χ3n) is 4.73. The second-order valence-electron chi connectivity index (χ2n) is 6.68. The summed E-state index contributed by atoms with van der Waals surface area (Å²) in [5.41, 5.74) is 1.59. The highest BCUT2D eigenvalue weighted by molar-refractivity contribution is 6.19. The van der Waals surface area contributed by atoms with Crippen LogP contribution in [-0.4, -0.2) is 35.8 Å². The van der Waals surface area contributed by atoms with E-state index < -0.39 is 17.8 Å². The number of benzene rings is 1. The molecule has 0 saturated heterocycles. The third-order valence-corrected chi connectivity index (χ3v) is 4.73. The molecule has 2 aromatic rings. The number of rotatable bonds is 6. The second kappa shape index (κ2) is 9.09. The van der Waals surface area contributed by atoms with E-state index in [0.29, 0.717) is 29.3 Å². The fourth-order valence-electron chi connectivity index (χ4n) is 3.14. The molecule has 0 N–H and O–H groups in total. The molecule has 0 aliphatic carbocycles. The molecule has 0 spiro atoms. The van der Waals surface area contributed by atoms with Crippen molar-refractivity contribution in [1.82, 2.24) is 4.90 Å². The van der Waals surface area contributed by atoms with E-state index in [4.69, 9.17) is 9.15 Å². The number of hydrogen-bond acceptors (Lipinski definition) is 6. The highest BCUT2D eigenvalue weighted by Crippen LogP contribution is 2.29. The summed E-state index contributed by atoms with van der Waals surface area (Å²) in [5.74, 6) is -0.630. The molecule has 0 radical (unpaired) electrons. The number of carbonyl (C=O) groups excluding carboxylic acids is 3. The van der Waals surface area contributed by atoms with E-state index in [1.54, 1.807) is 50.2 Å². The van der Waals surface area contributed by atoms with Gasteiger partial charge in [0.05, 0.1) is 12.2 Å². The van der Waals surface area contributed by atoms with Gasteiger partial charge in [0.2, 0.25) is 0 Å². The van der Waals surface area contributed by atoms with Crippen molar-refractivity contribution in [3.63, 3.8) is 0 Å². The van der Waals surface area contributed by atoms with Crippen molar-refractivity contribution < 1.29 is 23.5 Å². The number of esters is 1. The minimum atomic E-state index is -0.635. The summed E-state index contributed by atoms with van der Waals surface area (Å²) >= 11 is 0. The van der Waals surface area contributed by atoms with Crippen LogP contribution in [-0.2, 0) is 14.3 Å². The summed E-state index contributed by atoms with van der Waals surface area (Å²) in [4.78, 5) is 37.9. The molecule has 1 aliphatic heterocycles. The highest BCUT2D eigenvalue weighted by Gasteiger charge is 2.34. The first-order chi connectivity index (χ1) is 14.9. The Bertz CT molecular complexity index is 1160. The maximum atomic E-state index is 12.8. The lowest BCUT2D eigenvalue weighted by molar-refractivity contribution is -0.139. The molecule has 0 fully saturated rings. The number of amides is 2. The summed E-state index contributed by atoms with van der Waals surface area (Å²) in [6.07, 6.45) is 2.93. The summed E-state index contributed by atoms with van der Waals surface area (Å²) in [6.45, 7) is 7.16. The molecule has 2 heterocycles. The van der Waals surface area contributed by atoms with E-state index in [0.717, 1.165) is 10.5 Å². The van der Waals surface area contributed by atoms with Crippen LogP contribution in [0.1, 0.15) is 30.0 Å². The van der Waals surface area contributed by atoms with E-state index in [-0.39, 0.29) is 17.7 Å². The van der Waals surface area contributed by atoms with Gasteiger partial charge in [-0.1, -0.05) is 18.2 Å². The Hall–Kier alpha value is -4.18. The Labute approximate surface area is 179 Å². The van der Waals surface area contributed by atoms with Gasteiger partial charge in [0, 0.05) is 17.7 Å². The number of hydrogen-bond donors (Lipinski definition) is 0. The summed E-state index contributed by atoms with van der Waals surface area (Å²) in [5, 5.41) is 9.36. The molecule has 1 aliphatic rings. The Morgan fingerprint density at radius 2 is 1.90 bits per heavy atom. The monoisotopic (exact) mass is 416 g/mol. The van der Waals surface area contributed by atoms with E-state index >= 15 is 0 Å². The predicted molar refractivity (Wildman–Crippen MR) is 113 cm³/mol. The third kappa shape index (κ3) is 4.23. The molecular formula is C24H20N2O5. The van der Waals surface area contributed by atoms with Crippen molar-refractivity contribution >= 4 is 23.9 Å². The average Bonchev–Trinajstić information content (AvgIpc) is 3.23. The molecule has 0 atom stereocenters.